The van der Waals surface area contributed by atoms with Crippen molar-refractivity contribution < 1.29 is 22.0 Å². The van der Waals surface area contributed by atoms with Crippen molar-refractivity contribution >= 4 is 22.5 Å². The van der Waals surface area contributed by atoms with Crippen LogP contribution in [0.1, 0.15) is 10.5 Å². The molecule has 0 spiro atoms. The molecule has 1 aliphatic rings. The van der Waals surface area contributed by atoms with Crippen molar-refractivity contribution in [3.63, 3.8) is 0 Å². The maximum Gasteiger partial charge on any atom is 0.244 e. The highest BCUT2D eigenvalue weighted by Crippen LogP contribution is 2.35. The van der Waals surface area contributed by atoms with Gasteiger partial charge in [-0.25, -0.2) is 22.4 Å². The molecule has 0 bridgehead atoms. The lowest BCUT2D eigenvalue weighted by Crippen LogP contribution is -2.46. The highest BCUT2D eigenvalue weighted by molar-refractivity contribution is 5.89. The summed E-state index contributed by atoms with van der Waals surface area (Å²) in [5.41, 5.74) is 1.25. The van der Waals surface area contributed by atoms with Crippen LogP contribution in [0.15, 0.2) is 24.4 Å². The first-order valence-corrected chi connectivity index (χ1v) is 10.4. The van der Waals surface area contributed by atoms with Gasteiger partial charge < -0.3 is 15.0 Å². The van der Waals surface area contributed by atoms with Gasteiger partial charge in [-0.1, -0.05) is 11.3 Å². The van der Waals surface area contributed by atoms with Crippen molar-refractivity contribution in [1.29, 1.82) is 0 Å². The van der Waals surface area contributed by atoms with Crippen LogP contribution in [-0.4, -0.2) is 80.6 Å². The predicted molar refractivity (Wildman–Crippen MR) is 116 cm³/mol. The fourth-order valence-electron chi connectivity index (χ4n) is 4.18. The fourth-order valence-corrected chi connectivity index (χ4v) is 4.18. The van der Waals surface area contributed by atoms with Crippen molar-refractivity contribution in [2.45, 2.75) is 25.2 Å². The zero-order chi connectivity index (χ0) is 25.6. The summed E-state index contributed by atoms with van der Waals surface area (Å²) < 4.78 is 73.1. The van der Waals surface area contributed by atoms with Crippen LogP contribution in [0.4, 0.5) is 19.1 Å². The molecule has 0 amide bonds. The van der Waals surface area contributed by atoms with Crippen LogP contribution in [-0.2, 0) is 6.54 Å². The number of likely N-dealkylation sites (tertiary alicyclic amines) is 1. The summed E-state index contributed by atoms with van der Waals surface area (Å²) >= 11 is 0. The molecule has 1 aromatic carbocycles. The Balaban J connectivity index is 1.62. The third-order valence-corrected chi connectivity index (χ3v) is 5.81. The molecule has 9 nitrogen and oxygen atoms in total. The highest BCUT2D eigenvalue weighted by Gasteiger charge is 2.29. The van der Waals surface area contributed by atoms with E-state index in [1.54, 1.807) is 18.2 Å². The van der Waals surface area contributed by atoms with Crippen molar-refractivity contribution in [2.75, 3.05) is 39.2 Å². The summed E-state index contributed by atoms with van der Waals surface area (Å²) in [5, 5.41) is 15.0. The first-order chi connectivity index (χ1) is 17.1. The average molecular weight is 463 g/mol. The topological polar surface area (TPSA) is 85.4 Å². The molecule has 1 fully saturated rings. The Labute approximate surface area is 191 Å². The summed E-state index contributed by atoms with van der Waals surface area (Å²) in [6.45, 7) is 0.176. The van der Waals surface area contributed by atoms with Gasteiger partial charge in [0, 0.05) is 13.1 Å². The molecule has 5 rings (SSSR count). The van der Waals surface area contributed by atoms with Gasteiger partial charge in [0.15, 0.2) is 5.82 Å². The molecular formula is C21H23F3N8O. The molecule has 1 aliphatic heterocycles. The molecule has 12 heteroatoms. The number of benzene rings is 1. The molecule has 0 radical (unpaired) electrons. The molecule has 174 valence electrons. The normalized spacial score (nSPS) is 21.2. The zero-order valence-corrected chi connectivity index (χ0v) is 17.7. The molecule has 1 N–H and O–H groups in total. The standard InChI is InChI=1S/C21H23F3N8O/c1-30-7-5-15(13(23)10-30)25-21-26-20(33-2)19-18(14(24)11-32(19)28-21)12-3-4-16-17(9-12)31(8-6-22)29-27-16/h3-4,9,11,13,15H,5-8,10H2,1-2H3,(H,25,28)/t13-,15+/m0/s1/i2D3. The van der Waals surface area contributed by atoms with E-state index in [0.29, 0.717) is 29.6 Å². The maximum absolute atomic E-state index is 15.3. The molecule has 33 heavy (non-hydrogen) atoms. The number of aryl methyl sites for hydroxylation is 1. The molecule has 1 saturated heterocycles. The van der Waals surface area contributed by atoms with Gasteiger partial charge in [-0.15, -0.1) is 10.2 Å². The lowest BCUT2D eigenvalue weighted by Gasteiger charge is -2.32. The molecule has 0 unspecified atom stereocenters. The quantitative estimate of drug-likeness (QED) is 0.471. The summed E-state index contributed by atoms with van der Waals surface area (Å²) in [6, 6.07) is 4.13. The summed E-state index contributed by atoms with van der Waals surface area (Å²) in [4.78, 5) is 6.04. The van der Waals surface area contributed by atoms with Crippen LogP contribution in [0.5, 0.6) is 5.88 Å². The lowest BCUT2D eigenvalue weighted by molar-refractivity contribution is 0.149. The van der Waals surface area contributed by atoms with Crippen LogP contribution in [0.2, 0.25) is 0 Å². The monoisotopic (exact) mass is 463 g/mol. The van der Waals surface area contributed by atoms with Crippen molar-refractivity contribution in [1.82, 2.24) is 34.5 Å². The van der Waals surface area contributed by atoms with Crippen LogP contribution in [0, 0.1) is 5.82 Å². The van der Waals surface area contributed by atoms with E-state index in [1.807, 2.05) is 11.9 Å². The van der Waals surface area contributed by atoms with Gasteiger partial charge in [0.05, 0.1) is 41.0 Å². The number of alkyl halides is 2. The highest BCUT2D eigenvalue weighted by atomic mass is 19.1. The second-order valence-corrected chi connectivity index (χ2v) is 8.01. The third-order valence-electron chi connectivity index (χ3n) is 5.81. The number of aromatic nitrogens is 6. The van der Waals surface area contributed by atoms with Crippen LogP contribution < -0.4 is 10.1 Å². The van der Waals surface area contributed by atoms with Crippen molar-refractivity contribution in [2.24, 2.45) is 0 Å². The van der Waals surface area contributed by atoms with Crippen molar-refractivity contribution in [3.05, 3.63) is 30.2 Å². The van der Waals surface area contributed by atoms with E-state index in [9.17, 15) is 8.78 Å². The first kappa shape index (κ1) is 18.1. The van der Waals surface area contributed by atoms with Crippen LogP contribution in [0.3, 0.4) is 0 Å². The maximum atomic E-state index is 15.3. The molecule has 4 aromatic rings. The number of ether oxygens (including phenoxy) is 1. The van der Waals surface area contributed by atoms with Crippen LogP contribution >= 0.6 is 0 Å². The minimum Gasteiger partial charge on any atom is -0.479 e. The first-order valence-electron chi connectivity index (χ1n) is 11.9. The number of hydrogen-bond acceptors (Lipinski definition) is 7. The minimum absolute atomic E-state index is 0.0154. The van der Waals surface area contributed by atoms with E-state index in [1.165, 1.54) is 4.68 Å². The number of fused-ring (bicyclic) bond motifs is 2. The second-order valence-electron chi connectivity index (χ2n) is 8.01. The number of rotatable bonds is 6. The number of nitrogens with zero attached hydrogens (tertiary/aromatic N) is 7. The van der Waals surface area contributed by atoms with E-state index in [2.05, 4.69) is 25.7 Å². The average Bonchev–Trinajstić information content (AvgIpc) is 3.35. The molecular weight excluding hydrogens is 437 g/mol. The Hall–Kier alpha value is -3.41. The Morgan fingerprint density at radius 3 is 3.03 bits per heavy atom. The van der Waals surface area contributed by atoms with Gasteiger partial charge in [-0.3, -0.25) is 0 Å². The van der Waals surface area contributed by atoms with E-state index >= 15 is 4.39 Å². The van der Waals surface area contributed by atoms with E-state index in [-0.39, 0.29) is 30.1 Å². The van der Waals surface area contributed by atoms with E-state index in [4.69, 9.17) is 8.85 Å². The van der Waals surface area contributed by atoms with E-state index in [0.717, 1.165) is 10.7 Å². The summed E-state index contributed by atoms with van der Waals surface area (Å²) in [5.74, 6) is -1.21. The Morgan fingerprint density at radius 2 is 2.24 bits per heavy atom. The Morgan fingerprint density at radius 1 is 1.36 bits per heavy atom. The zero-order valence-electron chi connectivity index (χ0n) is 20.7. The van der Waals surface area contributed by atoms with Gasteiger partial charge in [0.2, 0.25) is 11.8 Å². The fraction of sp³-hybridized carbons (Fsp3) is 0.429. The second kappa shape index (κ2) is 8.50. The number of halogens is 3. The van der Waals surface area contributed by atoms with Gasteiger partial charge >= 0.3 is 0 Å². The van der Waals surface area contributed by atoms with Crippen molar-refractivity contribution in [3.8, 4) is 17.0 Å². The number of nitrogens with one attached hydrogen (secondary N) is 1. The SMILES string of the molecule is [2H]C([2H])([2H])Oc1nc(N[C@@H]2CCN(C)C[C@@H]2F)nn2cc(F)c(-c3ccc4nnn(CCF)c4c3)c12. The van der Waals surface area contributed by atoms with Gasteiger partial charge in [0.25, 0.3) is 0 Å². The molecule has 3 aromatic heterocycles. The predicted octanol–water partition coefficient (Wildman–Crippen LogP) is 2.71. The number of piperidine rings is 1. The number of anilines is 1. The Kier molecular flexibility index (Phi) is 4.66. The Bertz CT molecular complexity index is 1410. The van der Waals surface area contributed by atoms with Gasteiger partial charge in [0.1, 0.15) is 23.9 Å². The van der Waals surface area contributed by atoms with Crippen LogP contribution in [0.25, 0.3) is 27.7 Å². The molecule has 4 heterocycles. The number of hydrogen-bond donors (Lipinski definition) is 1. The smallest absolute Gasteiger partial charge is 0.244 e. The van der Waals surface area contributed by atoms with E-state index < -0.39 is 37.6 Å². The summed E-state index contributed by atoms with van der Waals surface area (Å²) in [7, 11) is -1.08. The molecule has 0 aliphatic carbocycles. The molecule has 2 atom stereocenters. The summed E-state index contributed by atoms with van der Waals surface area (Å²) in [6.07, 6.45) is 0.328. The lowest BCUT2D eigenvalue weighted by atomic mass is 10.0. The molecule has 0 saturated carbocycles. The third kappa shape index (κ3) is 3.84. The van der Waals surface area contributed by atoms with Gasteiger partial charge in [-0.05, 0) is 31.2 Å². The van der Waals surface area contributed by atoms with Gasteiger partial charge in [-0.2, -0.15) is 4.98 Å². The minimum atomic E-state index is -2.89. The largest absolute Gasteiger partial charge is 0.479 e. The number of methoxy groups -OCH3 is 1.